The molecule has 1 heterocycles. The molecule has 0 fully saturated rings. The van der Waals surface area contributed by atoms with Crippen molar-refractivity contribution < 1.29 is 15.0 Å². The van der Waals surface area contributed by atoms with Gasteiger partial charge in [-0.3, -0.25) is 9.36 Å². The Labute approximate surface area is 116 Å². The summed E-state index contributed by atoms with van der Waals surface area (Å²) in [6.07, 6.45) is 0. The lowest BCUT2D eigenvalue weighted by molar-refractivity contribution is 0.0683. The van der Waals surface area contributed by atoms with Gasteiger partial charge in [0.05, 0.1) is 6.54 Å². The molecular formula is C13H10BrNO4. The van der Waals surface area contributed by atoms with Gasteiger partial charge in [-0.25, -0.2) is 4.79 Å². The molecule has 98 valence electrons. The van der Waals surface area contributed by atoms with E-state index >= 15 is 0 Å². The highest BCUT2D eigenvalue weighted by molar-refractivity contribution is 9.10. The first kappa shape index (κ1) is 13.4. The quantitative estimate of drug-likeness (QED) is 0.906. The van der Waals surface area contributed by atoms with Crippen molar-refractivity contribution in [1.82, 2.24) is 4.57 Å². The summed E-state index contributed by atoms with van der Waals surface area (Å²) in [5, 5.41) is 18.4. The van der Waals surface area contributed by atoms with Crippen molar-refractivity contribution in [3.63, 3.8) is 0 Å². The summed E-state index contributed by atoms with van der Waals surface area (Å²) in [4.78, 5) is 22.9. The summed E-state index contributed by atoms with van der Waals surface area (Å²) in [6, 6.07) is 9.26. The van der Waals surface area contributed by atoms with Crippen molar-refractivity contribution in [3.05, 3.63) is 62.5 Å². The fourth-order valence-electron chi connectivity index (χ4n) is 1.74. The molecule has 0 aliphatic carbocycles. The van der Waals surface area contributed by atoms with Crippen LogP contribution in [0.15, 0.2) is 45.7 Å². The molecule has 0 amide bonds. The SMILES string of the molecule is O=C(O)c1cc(O)cc(=O)n1Cc1cccc(Br)c1. The topological polar surface area (TPSA) is 79.5 Å². The van der Waals surface area contributed by atoms with Gasteiger partial charge >= 0.3 is 5.97 Å². The van der Waals surface area contributed by atoms with E-state index in [0.717, 1.165) is 26.7 Å². The van der Waals surface area contributed by atoms with Gasteiger partial charge in [-0.2, -0.15) is 0 Å². The predicted molar refractivity (Wildman–Crippen MR) is 72.6 cm³/mol. The number of aromatic carboxylic acids is 1. The average molecular weight is 324 g/mol. The van der Waals surface area contributed by atoms with Crippen LogP contribution in [-0.4, -0.2) is 20.7 Å². The molecule has 2 rings (SSSR count). The van der Waals surface area contributed by atoms with Gasteiger partial charge in [0, 0.05) is 16.6 Å². The van der Waals surface area contributed by atoms with Crippen LogP contribution in [0.1, 0.15) is 16.1 Å². The van der Waals surface area contributed by atoms with Crippen LogP contribution >= 0.6 is 15.9 Å². The third kappa shape index (κ3) is 3.03. The largest absolute Gasteiger partial charge is 0.508 e. The van der Waals surface area contributed by atoms with Gasteiger partial charge in [0.15, 0.2) is 0 Å². The van der Waals surface area contributed by atoms with Crippen molar-refractivity contribution in [2.75, 3.05) is 0 Å². The normalized spacial score (nSPS) is 10.4. The predicted octanol–water partition coefficient (Wildman–Crippen LogP) is 2.06. The molecular weight excluding hydrogens is 314 g/mol. The zero-order valence-corrected chi connectivity index (χ0v) is 11.3. The van der Waals surface area contributed by atoms with Crippen molar-refractivity contribution in [2.24, 2.45) is 0 Å². The number of nitrogens with zero attached hydrogens (tertiary/aromatic N) is 1. The van der Waals surface area contributed by atoms with E-state index in [-0.39, 0.29) is 18.0 Å². The maximum absolute atomic E-state index is 11.8. The van der Waals surface area contributed by atoms with Crippen LogP contribution in [0.25, 0.3) is 0 Å². The molecule has 5 nitrogen and oxygen atoms in total. The number of halogens is 1. The first-order valence-electron chi connectivity index (χ1n) is 5.39. The number of carboxylic acids is 1. The number of hydrogen-bond acceptors (Lipinski definition) is 3. The summed E-state index contributed by atoms with van der Waals surface area (Å²) < 4.78 is 1.94. The summed E-state index contributed by atoms with van der Waals surface area (Å²) >= 11 is 3.31. The molecule has 2 N–H and O–H groups in total. The lowest BCUT2D eigenvalue weighted by Gasteiger charge is -2.10. The number of pyridine rings is 1. The van der Waals surface area contributed by atoms with Gasteiger partial charge in [-0.15, -0.1) is 0 Å². The van der Waals surface area contributed by atoms with Gasteiger partial charge in [0.1, 0.15) is 11.4 Å². The van der Waals surface area contributed by atoms with Gasteiger partial charge in [-0.1, -0.05) is 28.1 Å². The van der Waals surface area contributed by atoms with E-state index in [2.05, 4.69) is 15.9 Å². The summed E-state index contributed by atoms with van der Waals surface area (Å²) in [6.45, 7) is 0.125. The van der Waals surface area contributed by atoms with Crippen LogP contribution in [-0.2, 0) is 6.54 Å². The van der Waals surface area contributed by atoms with E-state index in [1.165, 1.54) is 0 Å². The maximum atomic E-state index is 11.8. The van der Waals surface area contributed by atoms with Crippen molar-refractivity contribution in [1.29, 1.82) is 0 Å². The Balaban J connectivity index is 2.50. The second kappa shape index (κ2) is 5.27. The van der Waals surface area contributed by atoms with Gasteiger partial charge in [-0.05, 0) is 17.7 Å². The monoisotopic (exact) mass is 323 g/mol. The molecule has 0 spiro atoms. The molecule has 1 aromatic carbocycles. The molecule has 0 saturated carbocycles. The number of rotatable bonds is 3. The van der Waals surface area contributed by atoms with E-state index in [0.29, 0.717) is 0 Å². The highest BCUT2D eigenvalue weighted by Gasteiger charge is 2.13. The van der Waals surface area contributed by atoms with E-state index in [1.54, 1.807) is 18.2 Å². The highest BCUT2D eigenvalue weighted by Crippen LogP contribution is 2.14. The Morgan fingerprint density at radius 1 is 1.26 bits per heavy atom. The van der Waals surface area contributed by atoms with Crippen LogP contribution in [0.4, 0.5) is 0 Å². The number of aromatic hydroxyl groups is 1. The van der Waals surface area contributed by atoms with Crippen LogP contribution in [0.2, 0.25) is 0 Å². The minimum Gasteiger partial charge on any atom is -0.508 e. The molecule has 0 saturated heterocycles. The molecule has 0 bridgehead atoms. The Hall–Kier alpha value is -2.08. The first-order valence-corrected chi connectivity index (χ1v) is 6.18. The standard InChI is InChI=1S/C13H10BrNO4/c14-9-3-1-2-8(4-9)7-15-11(13(18)19)5-10(16)6-12(15)17/h1-6,16H,7H2,(H,18,19). The number of benzene rings is 1. The lowest BCUT2D eigenvalue weighted by atomic mass is 10.2. The molecule has 1 aromatic heterocycles. The van der Waals surface area contributed by atoms with Crippen LogP contribution in [0, 0.1) is 0 Å². The Bertz CT molecular complexity index is 693. The maximum Gasteiger partial charge on any atom is 0.352 e. The molecule has 2 aromatic rings. The van der Waals surface area contributed by atoms with E-state index in [4.69, 9.17) is 5.11 Å². The molecule has 0 aliphatic rings. The number of carboxylic acid groups (broad SMARTS) is 1. The highest BCUT2D eigenvalue weighted by atomic mass is 79.9. The molecule has 19 heavy (non-hydrogen) atoms. The van der Waals surface area contributed by atoms with Gasteiger partial charge in [0.25, 0.3) is 5.56 Å². The summed E-state index contributed by atoms with van der Waals surface area (Å²) in [7, 11) is 0. The zero-order valence-electron chi connectivity index (χ0n) is 9.71. The third-order valence-corrected chi connectivity index (χ3v) is 3.05. The summed E-state index contributed by atoms with van der Waals surface area (Å²) in [5.74, 6) is -1.61. The van der Waals surface area contributed by atoms with Gasteiger partial charge in [0.2, 0.25) is 0 Å². The van der Waals surface area contributed by atoms with Crippen LogP contribution in [0.3, 0.4) is 0 Å². The molecule has 0 unspecified atom stereocenters. The fourth-order valence-corrected chi connectivity index (χ4v) is 2.19. The number of hydrogen-bond donors (Lipinski definition) is 2. The van der Waals surface area contributed by atoms with E-state index < -0.39 is 11.5 Å². The van der Waals surface area contributed by atoms with Crippen molar-refractivity contribution in [3.8, 4) is 5.75 Å². The number of carbonyl (C=O) groups is 1. The fraction of sp³-hybridized carbons (Fsp3) is 0.0769. The molecule has 6 heteroatoms. The Morgan fingerprint density at radius 3 is 2.63 bits per heavy atom. The molecule has 0 aliphatic heterocycles. The third-order valence-electron chi connectivity index (χ3n) is 2.56. The first-order chi connectivity index (χ1) is 8.97. The Morgan fingerprint density at radius 2 is 2.00 bits per heavy atom. The zero-order chi connectivity index (χ0) is 14.0. The molecule has 0 radical (unpaired) electrons. The van der Waals surface area contributed by atoms with Crippen LogP contribution < -0.4 is 5.56 Å². The van der Waals surface area contributed by atoms with Crippen molar-refractivity contribution in [2.45, 2.75) is 6.54 Å². The second-order valence-electron chi connectivity index (χ2n) is 3.96. The van der Waals surface area contributed by atoms with Gasteiger partial charge < -0.3 is 10.2 Å². The average Bonchev–Trinajstić information content (AvgIpc) is 2.32. The molecule has 0 atom stereocenters. The van der Waals surface area contributed by atoms with E-state index in [1.807, 2.05) is 6.07 Å². The van der Waals surface area contributed by atoms with Crippen LogP contribution in [0.5, 0.6) is 5.75 Å². The Kier molecular flexibility index (Phi) is 3.71. The lowest BCUT2D eigenvalue weighted by Crippen LogP contribution is -2.25. The minimum atomic E-state index is -1.26. The smallest absolute Gasteiger partial charge is 0.352 e. The minimum absolute atomic E-state index is 0.125. The van der Waals surface area contributed by atoms with Crippen molar-refractivity contribution >= 4 is 21.9 Å². The summed E-state index contributed by atoms with van der Waals surface area (Å²) in [5.41, 5.74) is -0.0213. The second-order valence-corrected chi connectivity index (χ2v) is 4.87. The number of aromatic nitrogens is 1. The van der Waals surface area contributed by atoms with E-state index in [9.17, 15) is 14.7 Å².